The second-order valence-electron chi connectivity index (χ2n) is 15.5. The van der Waals surface area contributed by atoms with Gasteiger partial charge in [-0.1, -0.05) is 24.3 Å². The Bertz CT molecular complexity index is 1920. The molecule has 4 aliphatic heterocycles. The number of carboxylic acid groups (broad SMARTS) is 1. The van der Waals surface area contributed by atoms with E-state index < -0.39 is 23.9 Å². The van der Waals surface area contributed by atoms with Crippen LogP contribution in [0.25, 0.3) is 11.1 Å². The lowest BCUT2D eigenvalue weighted by atomic mass is 9.78. The third-order valence-corrected chi connectivity index (χ3v) is 12.2. The third kappa shape index (κ3) is 8.28. The van der Waals surface area contributed by atoms with E-state index in [0.29, 0.717) is 75.0 Å². The van der Waals surface area contributed by atoms with Crippen LogP contribution in [0.15, 0.2) is 45.6 Å². The number of aromatic nitrogens is 1. The number of aliphatic carboxylic acids is 1. The molecule has 14 heteroatoms. The molecule has 54 heavy (non-hydrogen) atoms. The summed E-state index contributed by atoms with van der Waals surface area (Å²) in [6.45, 7) is 6.84. The number of hydrogen-bond donors (Lipinski definition) is 2. The zero-order valence-corrected chi connectivity index (χ0v) is 31.3. The summed E-state index contributed by atoms with van der Waals surface area (Å²) in [5.74, 6) is -0.428. The molecular formula is C40H52N6O8. The van der Waals surface area contributed by atoms with Crippen LogP contribution in [0.4, 0.5) is 15.3 Å². The Balaban J connectivity index is 0.991. The van der Waals surface area contributed by atoms with Gasteiger partial charge in [0.2, 0.25) is 0 Å². The van der Waals surface area contributed by atoms with Crippen LogP contribution in [0.3, 0.4) is 0 Å². The van der Waals surface area contributed by atoms with Gasteiger partial charge in [-0.2, -0.15) is 0 Å². The average molecular weight is 745 g/mol. The van der Waals surface area contributed by atoms with Crippen molar-refractivity contribution >= 4 is 40.8 Å². The minimum absolute atomic E-state index is 0.0192. The highest BCUT2D eigenvalue weighted by atomic mass is 16.6. The van der Waals surface area contributed by atoms with Gasteiger partial charge in [-0.3, -0.25) is 14.2 Å². The molecule has 4 amide bonds. The first-order chi connectivity index (χ1) is 26.0. The second-order valence-corrected chi connectivity index (χ2v) is 15.5. The SMILES string of the molecule is Cc1cc(C[C@@H](OC(=O)N2CCC(N3CCc4ccccc4NC3=O)CC2)C(=O)N2CCC(C3CCN(CCC(=O)O)CC3)CC2)cc2oc(=O)n(C)c12. The number of urea groups is 1. The summed E-state index contributed by atoms with van der Waals surface area (Å²) in [5, 5.41) is 12.1. The molecule has 0 saturated carbocycles. The highest BCUT2D eigenvalue weighted by Gasteiger charge is 2.37. The van der Waals surface area contributed by atoms with E-state index in [1.165, 1.54) is 4.57 Å². The van der Waals surface area contributed by atoms with Crippen LogP contribution < -0.4 is 11.1 Å². The predicted octanol–water partition coefficient (Wildman–Crippen LogP) is 4.47. The van der Waals surface area contributed by atoms with Crippen molar-refractivity contribution in [1.82, 2.24) is 24.2 Å². The lowest BCUT2D eigenvalue weighted by Crippen LogP contribution is -2.52. The van der Waals surface area contributed by atoms with E-state index in [4.69, 9.17) is 14.3 Å². The first-order valence-electron chi connectivity index (χ1n) is 19.5. The molecule has 0 radical (unpaired) electrons. The lowest BCUT2D eigenvalue weighted by molar-refractivity contribution is -0.143. The second kappa shape index (κ2) is 16.3. The molecule has 0 aliphatic carbocycles. The number of hydrogen-bond acceptors (Lipinski definition) is 8. The van der Waals surface area contributed by atoms with Gasteiger partial charge in [0.25, 0.3) is 5.91 Å². The van der Waals surface area contributed by atoms with Gasteiger partial charge in [0.05, 0.1) is 11.9 Å². The van der Waals surface area contributed by atoms with Gasteiger partial charge >= 0.3 is 23.8 Å². The van der Waals surface area contributed by atoms with Crippen LogP contribution in [0.2, 0.25) is 0 Å². The van der Waals surface area contributed by atoms with Crippen LogP contribution in [-0.4, -0.2) is 118 Å². The van der Waals surface area contributed by atoms with Crippen molar-refractivity contribution in [2.75, 3.05) is 57.7 Å². The van der Waals surface area contributed by atoms with E-state index in [1.54, 1.807) is 18.0 Å². The van der Waals surface area contributed by atoms with Crippen molar-refractivity contribution in [3.63, 3.8) is 0 Å². The molecular weight excluding hydrogens is 692 g/mol. The van der Waals surface area contributed by atoms with E-state index in [1.807, 2.05) is 47.1 Å². The maximum Gasteiger partial charge on any atom is 0.419 e. The van der Waals surface area contributed by atoms with Crippen LogP contribution >= 0.6 is 0 Å². The van der Waals surface area contributed by atoms with E-state index in [9.17, 15) is 24.0 Å². The van der Waals surface area contributed by atoms with Crippen LogP contribution in [0.1, 0.15) is 61.6 Å². The van der Waals surface area contributed by atoms with Crippen molar-refractivity contribution in [2.45, 2.75) is 76.9 Å². The Morgan fingerprint density at radius 3 is 2.28 bits per heavy atom. The molecule has 290 valence electrons. The maximum atomic E-state index is 14.2. The van der Waals surface area contributed by atoms with Crippen LogP contribution in [0, 0.1) is 18.8 Å². The number of benzene rings is 2. The normalized spacial score (nSPS) is 20.0. The van der Waals surface area contributed by atoms with E-state index in [2.05, 4.69) is 10.2 Å². The zero-order chi connectivity index (χ0) is 37.9. The number of nitrogens with one attached hydrogen (secondary N) is 1. The summed E-state index contributed by atoms with van der Waals surface area (Å²) in [5.41, 5.74) is 4.61. The van der Waals surface area contributed by atoms with E-state index >= 15 is 0 Å². The number of carbonyl (C=O) groups excluding carboxylic acids is 3. The molecule has 2 N–H and O–H groups in total. The number of nitrogens with zero attached hydrogens (tertiary/aromatic N) is 5. The molecule has 3 saturated heterocycles. The molecule has 5 heterocycles. The number of amides is 4. The number of rotatable bonds is 9. The minimum Gasteiger partial charge on any atom is -0.481 e. The third-order valence-electron chi connectivity index (χ3n) is 12.2. The van der Waals surface area contributed by atoms with E-state index in [-0.39, 0.29) is 30.8 Å². The fraction of sp³-hybridized carbons (Fsp3) is 0.575. The Hall–Kier alpha value is -4.85. The highest BCUT2D eigenvalue weighted by Crippen LogP contribution is 2.33. The van der Waals surface area contributed by atoms with Gasteiger partial charge in [0.1, 0.15) is 0 Å². The molecule has 4 aliphatic rings. The van der Waals surface area contributed by atoms with Gasteiger partial charge in [-0.15, -0.1) is 0 Å². The van der Waals surface area contributed by atoms with Crippen molar-refractivity contribution in [1.29, 1.82) is 0 Å². The number of piperidine rings is 3. The summed E-state index contributed by atoms with van der Waals surface area (Å²) in [7, 11) is 1.66. The smallest absolute Gasteiger partial charge is 0.419 e. The minimum atomic E-state index is -1.06. The van der Waals surface area contributed by atoms with Gasteiger partial charge in [-0.25, -0.2) is 14.4 Å². The molecule has 14 nitrogen and oxygen atoms in total. The quantitative estimate of drug-likeness (QED) is 0.323. The Kier molecular flexibility index (Phi) is 11.3. The molecule has 7 rings (SSSR count). The number of ether oxygens (including phenoxy) is 1. The van der Waals surface area contributed by atoms with Crippen molar-refractivity contribution < 1.29 is 33.4 Å². The fourth-order valence-corrected chi connectivity index (χ4v) is 9.08. The van der Waals surface area contributed by atoms with Gasteiger partial charge in [0, 0.05) is 64.5 Å². The van der Waals surface area contributed by atoms with Crippen LogP contribution in [0.5, 0.6) is 0 Å². The number of carboxylic acids is 1. The zero-order valence-electron chi connectivity index (χ0n) is 31.3. The number of fused-ring (bicyclic) bond motifs is 2. The van der Waals surface area contributed by atoms with Crippen LogP contribution in [-0.2, 0) is 34.2 Å². The van der Waals surface area contributed by atoms with E-state index in [0.717, 1.165) is 67.6 Å². The first-order valence-corrected chi connectivity index (χ1v) is 19.5. The monoisotopic (exact) mass is 744 g/mol. The number of carbonyl (C=O) groups is 4. The van der Waals surface area contributed by atoms with Crippen molar-refractivity contribution in [3.05, 3.63) is 63.6 Å². The molecule has 3 aromatic rings. The molecule has 2 aromatic carbocycles. The summed E-state index contributed by atoms with van der Waals surface area (Å²) in [4.78, 5) is 72.0. The molecule has 0 spiro atoms. The van der Waals surface area contributed by atoms with Crippen molar-refractivity contribution in [3.8, 4) is 0 Å². The molecule has 3 fully saturated rings. The fourth-order valence-electron chi connectivity index (χ4n) is 9.08. The molecule has 1 atom stereocenters. The number of para-hydroxylation sites is 1. The molecule has 1 aromatic heterocycles. The van der Waals surface area contributed by atoms with Gasteiger partial charge < -0.3 is 39.2 Å². The highest BCUT2D eigenvalue weighted by molar-refractivity contribution is 5.91. The predicted molar refractivity (Wildman–Crippen MR) is 201 cm³/mol. The maximum absolute atomic E-state index is 14.2. The number of oxazole rings is 1. The number of aryl methyl sites for hydroxylation is 2. The summed E-state index contributed by atoms with van der Waals surface area (Å²) in [6.07, 6.45) is 4.45. The lowest BCUT2D eigenvalue weighted by Gasteiger charge is -2.41. The molecule has 0 bridgehead atoms. The first kappa shape index (κ1) is 37.5. The Morgan fingerprint density at radius 1 is 0.907 bits per heavy atom. The summed E-state index contributed by atoms with van der Waals surface area (Å²) >= 11 is 0. The average Bonchev–Trinajstić information content (AvgIpc) is 3.35. The Labute approximate surface area is 315 Å². The largest absolute Gasteiger partial charge is 0.481 e. The number of anilines is 1. The summed E-state index contributed by atoms with van der Waals surface area (Å²) < 4.78 is 13.0. The van der Waals surface area contributed by atoms with Gasteiger partial charge in [0.15, 0.2) is 11.7 Å². The standard InChI is InChI=1S/C40H52N6O8/c1-26-23-27(24-33-36(26)42(2)39(51)53-33)25-34(37(49)44-18-9-29(10-19-44)28-7-15-43(16-8-28)17-14-35(47)48)54-40(52)45-20-12-31(13-21-45)46-22-11-30-5-3-4-6-32(30)41-38(46)50/h3-6,23-24,28-29,31,34H,7-22,25H2,1-2H3,(H,41,50)(H,47,48)/t34-/m1/s1. The van der Waals surface area contributed by atoms with Crippen molar-refractivity contribution in [2.24, 2.45) is 18.9 Å². The topological polar surface area (TPSA) is 158 Å². The Morgan fingerprint density at radius 2 is 1.57 bits per heavy atom. The molecule has 0 unspecified atom stereocenters. The summed E-state index contributed by atoms with van der Waals surface area (Å²) in [6, 6.07) is 11.4. The number of likely N-dealkylation sites (tertiary alicyclic amines) is 3. The van der Waals surface area contributed by atoms with Gasteiger partial charge in [-0.05, 0) is 106 Å².